The molecule has 2 amide bonds. The van der Waals surface area contributed by atoms with Gasteiger partial charge in [-0.2, -0.15) is 5.26 Å². The Balaban J connectivity index is 1.30. The van der Waals surface area contributed by atoms with E-state index in [0.29, 0.717) is 32.4 Å². The highest BCUT2D eigenvalue weighted by Gasteiger charge is 2.45. The van der Waals surface area contributed by atoms with Gasteiger partial charge in [-0.25, -0.2) is 4.39 Å². The molecule has 0 radical (unpaired) electrons. The summed E-state index contributed by atoms with van der Waals surface area (Å²) in [7, 11) is 0. The van der Waals surface area contributed by atoms with Gasteiger partial charge in [-0.05, 0) is 49.8 Å². The Morgan fingerprint density at radius 1 is 1.29 bits per heavy atom. The molecule has 2 aliphatic carbocycles. The second kappa shape index (κ2) is 7.67. The molecule has 7 heteroatoms. The fourth-order valence-corrected chi connectivity index (χ4v) is 5.34. The minimum absolute atomic E-state index is 0.0224. The number of halogens is 1. The van der Waals surface area contributed by atoms with Gasteiger partial charge in [-0.15, -0.1) is 0 Å². The van der Waals surface area contributed by atoms with Crippen LogP contribution in [0, 0.1) is 29.0 Å². The molecule has 1 aromatic heterocycles. The van der Waals surface area contributed by atoms with Crippen molar-refractivity contribution in [3.63, 3.8) is 0 Å². The monoisotopic (exact) mass is 422 g/mol. The van der Waals surface area contributed by atoms with Gasteiger partial charge in [0.2, 0.25) is 11.8 Å². The van der Waals surface area contributed by atoms with Crippen LogP contribution in [0.4, 0.5) is 4.39 Å². The number of hydrogen-bond acceptors (Lipinski definition) is 3. The zero-order valence-corrected chi connectivity index (χ0v) is 17.5. The van der Waals surface area contributed by atoms with E-state index in [1.807, 2.05) is 4.90 Å². The molecule has 1 aliphatic heterocycles. The zero-order chi connectivity index (χ0) is 21.6. The third-order valence-corrected chi connectivity index (χ3v) is 7.27. The summed E-state index contributed by atoms with van der Waals surface area (Å²) >= 11 is 0. The van der Waals surface area contributed by atoms with Crippen LogP contribution in [0.5, 0.6) is 0 Å². The lowest BCUT2D eigenvalue weighted by Crippen LogP contribution is -2.44. The Kier molecular flexibility index (Phi) is 4.96. The van der Waals surface area contributed by atoms with Crippen LogP contribution in [0.3, 0.4) is 0 Å². The van der Waals surface area contributed by atoms with Crippen LogP contribution >= 0.6 is 0 Å². The number of rotatable bonds is 4. The van der Waals surface area contributed by atoms with Crippen LogP contribution in [0.15, 0.2) is 18.2 Å². The molecule has 0 spiro atoms. The van der Waals surface area contributed by atoms with E-state index in [2.05, 4.69) is 16.4 Å². The maximum atomic E-state index is 13.6. The van der Waals surface area contributed by atoms with Crippen LogP contribution in [0.25, 0.3) is 10.9 Å². The molecule has 5 rings (SSSR count). The predicted octanol–water partition coefficient (Wildman–Crippen LogP) is 3.56. The first-order valence-electron chi connectivity index (χ1n) is 11.3. The summed E-state index contributed by atoms with van der Waals surface area (Å²) in [6, 6.07) is 6.94. The molecule has 2 fully saturated rings. The molecule has 2 heterocycles. The van der Waals surface area contributed by atoms with Gasteiger partial charge in [0.25, 0.3) is 0 Å². The minimum Gasteiger partial charge on any atom is -0.358 e. The largest absolute Gasteiger partial charge is 0.358 e. The van der Waals surface area contributed by atoms with E-state index in [9.17, 15) is 19.2 Å². The number of aromatic amines is 1. The van der Waals surface area contributed by atoms with Gasteiger partial charge in [0.1, 0.15) is 11.4 Å². The number of nitrogens with one attached hydrogen (secondary N) is 2. The van der Waals surface area contributed by atoms with Crippen molar-refractivity contribution >= 4 is 22.7 Å². The summed E-state index contributed by atoms with van der Waals surface area (Å²) in [6.45, 7) is 1.15. The molecule has 2 saturated carbocycles. The number of fused-ring (bicyclic) bond motifs is 3. The SMILES string of the molecule is N#CC1(NC(=O)C[C@H]2CCCC[C@H]2C(=O)N2CCc3[nH]c4cc(F)ccc4c3C2)CC1. The Hall–Kier alpha value is -2.88. The Labute approximate surface area is 180 Å². The van der Waals surface area contributed by atoms with Crippen molar-refractivity contribution in [1.29, 1.82) is 5.26 Å². The zero-order valence-electron chi connectivity index (χ0n) is 17.5. The van der Waals surface area contributed by atoms with Gasteiger partial charge in [0.15, 0.2) is 0 Å². The molecule has 2 aromatic rings. The van der Waals surface area contributed by atoms with E-state index in [4.69, 9.17) is 0 Å². The van der Waals surface area contributed by atoms with Crippen LogP contribution < -0.4 is 5.32 Å². The van der Waals surface area contributed by atoms with Gasteiger partial charge in [0, 0.05) is 54.0 Å². The van der Waals surface area contributed by atoms with Crippen molar-refractivity contribution in [1.82, 2.24) is 15.2 Å². The number of hydrogen-bond donors (Lipinski definition) is 2. The third kappa shape index (κ3) is 3.80. The highest BCUT2D eigenvalue weighted by atomic mass is 19.1. The molecule has 3 aliphatic rings. The van der Waals surface area contributed by atoms with Crippen molar-refractivity contribution in [2.75, 3.05) is 6.54 Å². The van der Waals surface area contributed by atoms with E-state index >= 15 is 0 Å². The topological polar surface area (TPSA) is 89.0 Å². The van der Waals surface area contributed by atoms with Crippen molar-refractivity contribution in [3.8, 4) is 6.07 Å². The molecule has 2 atom stereocenters. The fraction of sp³-hybridized carbons (Fsp3) is 0.542. The maximum Gasteiger partial charge on any atom is 0.226 e. The average molecular weight is 423 g/mol. The Morgan fingerprint density at radius 3 is 2.87 bits per heavy atom. The lowest BCUT2D eigenvalue weighted by atomic mass is 9.76. The summed E-state index contributed by atoms with van der Waals surface area (Å²) in [5.74, 6) is -0.383. The molecule has 1 aromatic carbocycles. The number of carbonyl (C=O) groups is 2. The first kappa shape index (κ1) is 20.0. The number of aromatic nitrogens is 1. The molecule has 2 N–H and O–H groups in total. The molecule has 6 nitrogen and oxygen atoms in total. The van der Waals surface area contributed by atoms with E-state index in [1.165, 1.54) is 12.1 Å². The van der Waals surface area contributed by atoms with Crippen molar-refractivity contribution in [2.45, 2.75) is 63.5 Å². The second-order valence-corrected chi connectivity index (χ2v) is 9.38. The Morgan fingerprint density at radius 2 is 2.10 bits per heavy atom. The first-order valence-corrected chi connectivity index (χ1v) is 11.3. The number of nitrogens with zero attached hydrogens (tertiary/aromatic N) is 2. The van der Waals surface area contributed by atoms with Gasteiger partial charge in [-0.3, -0.25) is 9.59 Å². The lowest BCUT2D eigenvalue weighted by molar-refractivity contribution is -0.140. The number of nitriles is 1. The number of H-pyrrole nitrogens is 1. The summed E-state index contributed by atoms with van der Waals surface area (Å²) in [5, 5.41) is 13.1. The van der Waals surface area contributed by atoms with Crippen LogP contribution in [-0.4, -0.2) is 33.8 Å². The summed E-state index contributed by atoms with van der Waals surface area (Å²) in [4.78, 5) is 31.3. The summed E-state index contributed by atoms with van der Waals surface area (Å²) < 4.78 is 13.6. The molecular formula is C24H27FN4O2. The minimum atomic E-state index is -0.663. The molecular weight excluding hydrogens is 395 g/mol. The van der Waals surface area contributed by atoms with Crippen molar-refractivity contribution < 1.29 is 14.0 Å². The molecule has 0 bridgehead atoms. The van der Waals surface area contributed by atoms with Crippen LogP contribution in [-0.2, 0) is 22.6 Å². The van der Waals surface area contributed by atoms with E-state index in [0.717, 1.165) is 54.3 Å². The molecule has 31 heavy (non-hydrogen) atoms. The highest BCUT2D eigenvalue weighted by Crippen LogP contribution is 2.38. The van der Waals surface area contributed by atoms with Gasteiger partial charge < -0.3 is 15.2 Å². The summed E-state index contributed by atoms with van der Waals surface area (Å²) in [5.41, 5.74) is 2.27. The number of benzene rings is 1. The van der Waals surface area contributed by atoms with Gasteiger partial charge in [-0.1, -0.05) is 12.8 Å². The first-order chi connectivity index (χ1) is 15.0. The maximum absolute atomic E-state index is 13.6. The highest BCUT2D eigenvalue weighted by molar-refractivity contribution is 5.87. The van der Waals surface area contributed by atoms with Gasteiger partial charge in [0.05, 0.1) is 6.07 Å². The summed E-state index contributed by atoms with van der Waals surface area (Å²) in [6.07, 6.45) is 6.17. The molecule has 0 saturated heterocycles. The van der Waals surface area contributed by atoms with E-state index in [-0.39, 0.29) is 29.5 Å². The standard InChI is InChI=1S/C24H27FN4O2/c25-16-5-6-18-19-13-29(10-7-20(19)27-21(18)12-16)23(31)17-4-2-1-3-15(17)11-22(30)28-24(14-26)8-9-24/h5-6,12,15,17,27H,1-4,7-11,13H2,(H,28,30)/t15-,17-/m1/s1. The van der Waals surface area contributed by atoms with E-state index < -0.39 is 5.54 Å². The number of carbonyl (C=O) groups excluding carboxylic acids is 2. The predicted molar refractivity (Wildman–Crippen MR) is 113 cm³/mol. The van der Waals surface area contributed by atoms with Crippen LogP contribution in [0.2, 0.25) is 0 Å². The Bertz CT molecular complexity index is 1080. The van der Waals surface area contributed by atoms with E-state index in [1.54, 1.807) is 6.07 Å². The van der Waals surface area contributed by atoms with Crippen molar-refractivity contribution in [3.05, 3.63) is 35.3 Å². The van der Waals surface area contributed by atoms with Crippen LogP contribution in [0.1, 0.15) is 56.2 Å². The lowest BCUT2D eigenvalue weighted by Gasteiger charge is -2.36. The third-order valence-electron chi connectivity index (χ3n) is 7.27. The normalized spacial score (nSPS) is 24.3. The van der Waals surface area contributed by atoms with Gasteiger partial charge >= 0.3 is 0 Å². The quantitative estimate of drug-likeness (QED) is 0.790. The second-order valence-electron chi connectivity index (χ2n) is 9.38. The smallest absolute Gasteiger partial charge is 0.226 e. The number of amides is 2. The molecule has 0 unspecified atom stereocenters. The molecule has 162 valence electrons. The van der Waals surface area contributed by atoms with Crippen molar-refractivity contribution in [2.24, 2.45) is 11.8 Å². The fourth-order valence-electron chi connectivity index (χ4n) is 5.34. The average Bonchev–Trinajstić information content (AvgIpc) is 3.44.